The minimum absolute atomic E-state index is 0.178. The van der Waals surface area contributed by atoms with E-state index in [1.165, 1.54) is 0 Å². The van der Waals surface area contributed by atoms with Crippen molar-refractivity contribution in [2.75, 3.05) is 18.5 Å². The van der Waals surface area contributed by atoms with Crippen molar-refractivity contribution in [2.45, 2.75) is 6.54 Å². The molecule has 0 spiro atoms. The topological polar surface area (TPSA) is 72.5 Å². The number of nitrogens with one attached hydrogen (secondary N) is 2. The molecule has 1 aliphatic heterocycles. The fourth-order valence-electron chi connectivity index (χ4n) is 2.80. The molecule has 0 bridgehead atoms. The highest BCUT2D eigenvalue weighted by Gasteiger charge is 2.12. The van der Waals surface area contributed by atoms with Gasteiger partial charge in [-0.2, -0.15) is 0 Å². The van der Waals surface area contributed by atoms with E-state index in [-0.39, 0.29) is 5.91 Å². The van der Waals surface area contributed by atoms with E-state index in [4.69, 9.17) is 21.1 Å². The lowest BCUT2D eigenvalue weighted by molar-refractivity contribution is 0.0951. The second-order valence-corrected chi connectivity index (χ2v) is 6.66. The smallest absolute Gasteiger partial charge is 0.251 e. The molecule has 0 saturated heterocycles. The van der Waals surface area contributed by atoms with Crippen LogP contribution in [-0.4, -0.2) is 24.1 Å². The molecule has 0 radical (unpaired) electrons. The Labute approximate surface area is 167 Å². The monoisotopic (exact) mass is 395 g/mol. The molecule has 2 heterocycles. The van der Waals surface area contributed by atoms with E-state index in [1.54, 1.807) is 30.5 Å². The Morgan fingerprint density at radius 1 is 1.00 bits per heavy atom. The van der Waals surface area contributed by atoms with Gasteiger partial charge in [0.25, 0.3) is 5.91 Å². The van der Waals surface area contributed by atoms with Gasteiger partial charge < -0.3 is 20.1 Å². The molecule has 0 aliphatic carbocycles. The Bertz CT molecular complexity index is 992. The van der Waals surface area contributed by atoms with Crippen LogP contribution in [0.4, 0.5) is 11.5 Å². The van der Waals surface area contributed by atoms with E-state index in [0.29, 0.717) is 41.9 Å². The molecule has 28 heavy (non-hydrogen) atoms. The second kappa shape index (κ2) is 8.19. The summed E-state index contributed by atoms with van der Waals surface area (Å²) < 4.78 is 11.1. The number of nitrogens with zero attached hydrogens (tertiary/aromatic N) is 1. The van der Waals surface area contributed by atoms with Crippen LogP contribution in [0.25, 0.3) is 0 Å². The van der Waals surface area contributed by atoms with Crippen molar-refractivity contribution in [2.24, 2.45) is 0 Å². The number of halogens is 1. The van der Waals surface area contributed by atoms with E-state index < -0.39 is 0 Å². The van der Waals surface area contributed by atoms with Crippen LogP contribution in [0.15, 0.2) is 60.8 Å². The molecule has 0 saturated carbocycles. The zero-order valence-corrected chi connectivity index (χ0v) is 15.7. The molecule has 0 fully saturated rings. The lowest BCUT2D eigenvalue weighted by atomic mass is 10.2. The quantitative estimate of drug-likeness (QED) is 0.678. The molecule has 7 heteroatoms. The number of ether oxygens (including phenoxy) is 2. The predicted octanol–water partition coefficient (Wildman–Crippen LogP) is 4.18. The maximum atomic E-state index is 12.5. The Morgan fingerprint density at radius 2 is 1.79 bits per heavy atom. The van der Waals surface area contributed by atoms with E-state index in [2.05, 4.69) is 15.6 Å². The zero-order chi connectivity index (χ0) is 19.3. The van der Waals surface area contributed by atoms with Crippen molar-refractivity contribution in [1.82, 2.24) is 10.3 Å². The van der Waals surface area contributed by atoms with Crippen molar-refractivity contribution in [1.29, 1.82) is 0 Å². The van der Waals surface area contributed by atoms with Gasteiger partial charge in [0.1, 0.15) is 19.0 Å². The summed E-state index contributed by atoms with van der Waals surface area (Å²) in [5, 5.41) is 6.75. The number of pyridine rings is 1. The maximum absolute atomic E-state index is 12.5. The number of benzene rings is 2. The number of hydrogen-bond acceptors (Lipinski definition) is 5. The first-order valence-corrected chi connectivity index (χ1v) is 9.20. The van der Waals surface area contributed by atoms with Gasteiger partial charge in [0, 0.05) is 35.1 Å². The van der Waals surface area contributed by atoms with Gasteiger partial charge in [-0.3, -0.25) is 4.79 Å². The largest absolute Gasteiger partial charge is 0.486 e. The van der Waals surface area contributed by atoms with Gasteiger partial charge in [-0.1, -0.05) is 23.7 Å². The summed E-state index contributed by atoms with van der Waals surface area (Å²) in [5.74, 6) is 1.80. The minimum atomic E-state index is -0.178. The number of hydrogen-bond donors (Lipinski definition) is 2. The molecule has 0 atom stereocenters. The van der Waals surface area contributed by atoms with Crippen molar-refractivity contribution in [3.63, 3.8) is 0 Å². The van der Waals surface area contributed by atoms with Crippen LogP contribution < -0.4 is 20.1 Å². The number of anilines is 2. The van der Waals surface area contributed by atoms with Crippen LogP contribution in [0.1, 0.15) is 15.9 Å². The van der Waals surface area contributed by atoms with Crippen LogP contribution in [-0.2, 0) is 6.54 Å². The van der Waals surface area contributed by atoms with E-state index in [0.717, 1.165) is 17.0 Å². The van der Waals surface area contributed by atoms with Gasteiger partial charge in [0.15, 0.2) is 11.5 Å². The molecule has 4 rings (SSSR count). The summed E-state index contributed by atoms with van der Waals surface area (Å²) in [5.41, 5.74) is 2.29. The summed E-state index contributed by atoms with van der Waals surface area (Å²) in [4.78, 5) is 16.7. The van der Waals surface area contributed by atoms with E-state index in [1.807, 2.05) is 30.3 Å². The third kappa shape index (κ3) is 4.35. The maximum Gasteiger partial charge on any atom is 0.251 e. The molecule has 1 aromatic heterocycles. The molecule has 2 N–H and O–H groups in total. The summed E-state index contributed by atoms with van der Waals surface area (Å²) >= 11 is 5.88. The number of carbonyl (C=O) groups excluding carboxylic acids is 1. The third-order valence-electron chi connectivity index (χ3n) is 4.20. The minimum Gasteiger partial charge on any atom is -0.486 e. The summed E-state index contributed by atoms with van der Waals surface area (Å²) in [6.07, 6.45) is 1.59. The van der Waals surface area contributed by atoms with Crippen LogP contribution in [0, 0.1) is 0 Å². The lowest BCUT2D eigenvalue weighted by Gasteiger charge is -2.19. The van der Waals surface area contributed by atoms with Gasteiger partial charge in [-0.15, -0.1) is 0 Å². The van der Waals surface area contributed by atoms with Crippen molar-refractivity contribution in [3.8, 4) is 11.5 Å². The molecule has 1 amide bonds. The van der Waals surface area contributed by atoms with Gasteiger partial charge in [0.2, 0.25) is 0 Å². The first kappa shape index (κ1) is 18.1. The molecule has 2 aromatic carbocycles. The van der Waals surface area contributed by atoms with Crippen LogP contribution in [0.3, 0.4) is 0 Å². The molecular formula is C21H18ClN3O3. The standard InChI is InChI=1S/C21H18ClN3O3/c22-16-3-1-14(2-4-16)13-24-21(26)15-7-8-23-20(11-15)25-17-5-6-18-19(12-17)28-10-9-27-18/h1-8,11-12H,9-10,13H2,(H,23,25)(H,24,26). The van der Waals surface area contributed by atoms with Crippen LogP contribution in [0.5, 0.6) is 11.5 Å². The fourth-order valence-corrected chi connectivity index (χ4v) is 2.92. The Kier molecular flexibility index (Phi) is 5.30. The Morgan fingerprint density at radius 3 is 2.61 bits per heavy atom. The number of carbonyl (C=O) groups is 1. The Balaban J connectivity index is 1.42. The van der Waals surface area contributed by atoms with Crippen LogP contribution >= 0.6 is 11.6 Å². The normalized spacial score (nSPS) is 12.3. The molecular weight excluding hydrogens is 378 g/mol. The summed E-state index contributed by atoms with van der Waals surface area (Å²) in [6, 6.07) is 16.3. The summed E-state index contributed by atoms with van der Waals surface area (Å²) in [6.45, 7) is 1.50. The van der Waals surface area contributed by atoms with Gasteiger partial charge in [0.05, 0.1) is 0 Å². The summed E-state index contributed by atoms with van der Waals surface area (Å²) in [7, 11) is 0. The molecule has 6 nitrogen and oxygen atoms in total. The van der Waals surface area contributed by atoms with Crippen LogP contribution in [0.2, 0.25) is 5.02 Å². The van der Waals surface area contributed by atoms with Crippen molar-refractivity contribution in [3.05, 3.63) is 76.9 Å². The highest BCUT2D eigenvalue weighted by molar-refractivity contribution is 6.30. The first-order valence-electron chi connectivity index (χ1n) is 8.83. The molecule has 3 aromatic rings. The Hall–Kier alpha value is -3.25. The van der Waals surface area contributed by atoms with Gasteiger partial charge >= 0.3 is 0 Å². The average Bonchev–Trinajstić information content (AvgIpc) is 2.73. The van der Waals surface area contributed by atoms with Gasteiger partial charge in [-0.25, -0.2) is 4.98 Å². The molecule has 142 valence electrons. The number of fused-ring (bicyclic) bond motifs is 1. The molecule has 0 unspecified atom stereocenters. The highest BCUT2D eigenvalue weighted by atomic mass is 35.5. The number of amides is 1. The highest BCUT2D eigenvalue weighted by Crippen LogP contribution is 2.33. The number of rotatable bonds is 5. The SMILES string of the molecule is O=C(NCc1ccc(Cl)cc1)c1ccnc(Nc2ccc3c(c2)OCCO3)c1. The zero-order valence-electron chi connectivity index (χ0n) is 14.9. The van der Waals surface area contributed by atoms with Crippen molar-refractivity contribution < 1.29 is 14.3 Å². The van der Waals surface area contributed by atoms with Gasteiger partial charge in [-0.05, 0) is 42.0 Å². The predicted molar refractivity (Wildman–Crippen MR) is 108 cm³/mol. The second-order valence-electron chi connectivity index (χ2n) is 6.22. The fraction of sp³-hybridized carbons (Fsp3) is 0.143. The van der Waals surface area contributed by atoms with Crippen molar-refractivity contribution >= 4 is 29.0 Å². The average molecular weight is 396 g/mol. The number of aromatic nitrogens is 1. The van der Waals surface area contributed by atoms with E-state index in [9.17, 15) is 4.79 Å². The third-order valence-corrected chi connectivity index (χ3v) is 4.46. The molecule has 1 aliphatic rings. The van der Waals surface area contributed by atoms with E-state index >= 15 is 0 Å². The first-order chi connectivity index (χ1) is 13.7. The lowest BCUT2D eigenvalue weighted by Crippen LogP contribution is -2.22.